The summed E-state index contributed by atoms with van der Waals surface area (Å²) in [5, 5.41) is 7.35. The standard InChI is InChI=1S/C16H23N3O5/c1-23-9-5-8-17-14(20)10-18-15(21)11-19-16(22)24-12-13-6-3-2-4-7-13/h2-4,6-7H,5,8-12H2,1H3,(H,17,20)(H,18,21)(H,19,22). The fraction of sp³-hybridized carbons (Fsp3) is 0.438. The largest absolute Gasteiger partial charge is 0.445 e. The van der Waals surface area contributed by atoms with Gasteiger partial charge in [-0.05, 0) is 12.0 Å². The maximum Gasteiger partial charge on any atom is 0.407 e. The minimum absolute atomic E-state index is 0.123. The van der Waals surface area contributed by atoms with Crippen LogP contribution < -0.4 is 16.0 Å². The smallest absolute Gasteiger partial charge is 0.407 e. The van der Waals surface area contributed by atoms with Crippen LogP contribution in [-0.2, 0) is 25.7 Å². The molecule has 1 aromatic rings. The second-order valence-electron chi connectivity index (χ2n) is 4.89. The average Bonchev–Trinajstić information content (AvgIpc) is 2.61. The van der Waals surface area contributed by atoms with E-state index in [1.54, 1.807) is 7.11 Å². The van der Waals surface area contributed by atoms with Gasteiger partial charge >= 0.3 is 6.09 Å². The number of carbonyl (C=O) groups is 3. The molecule has 0 saturated carbocycles. The first-order chi connectivity index (χ1) is 11.6. The first-order valence-corrected chi connectivity index (χ1v) is 7.58. The molecule has 0 unspecified atom stereocenters. The van der Waals surface area contributed by atoms with Crippen molar-refractivity contribution in [3.05, 3.63) is 35.9 Å². The Balaban J connectivity index is 2.08. The zero-order chi connectivity index (χ0) is 17.6. The molecule has 0 aliphatic heterocycles. The lowest BCUT2D eigenvalue weighted by Crippen LogP contribution is -2.42. The van der Waals surface area contributed by atoms with Crippen molar-refractivity contribution in [2.75, 3.05) is 33.4 Å². The van der Waals surface area contributed by atoms with Crippen molar-refractivity contribution in [3.8, 4) is 0 Å². The zero-order valence-electron chi connectivity index (χ0n) is 13.7. The molecule has 24 heavy (non-hydrogen) atoms. The topological polar surface area (TPSA) is 106 Å². The maximum absolute atomic E-state index is 11.5. The van der Waals surface area contributed by atoms with Gasteiger partial charge in [-0.15, -0.1) is 0 Å². The van der Waals surface area contributed by atoms with Crippen LogP contribution in [0, 0.1) is 0 Å². The molecule has 1 rings (SSSR count). The number of hydrogen-bond acceptors (Lipinski definition) is 5. The van der Waals surface area contributed by atoms with Gasteiger partial charge in [-0.3, -0.25) is 9.59 Å². The third kappa shape index (κ3) is 9.42. The molecule has 1 aromatic carbocycles. The molecule has 0 aliphatic carbocycles. The SMILES string of the molecule is COCCCNC(=O)CNC(=O)CNC(=O)OCc1ccccc1. The van der Waals surface area contributed by atoms with Gasteiger partial charge in [0.2, 0.25) is 11.8 Å². The molecule has 3 amide bonds. The molecule has 8 nitrogen and oxygen atoms in total. The maximum atomic E-state index is 11.5. The van der Waals surface area contributed by atoms with E-state index in [0.29, 0.717) is 19.6 Å². The van der Waals surface area contributed by atoms with Crippen molar-refractivity contribution in [3.63, 3.8) is 0 Å². The molecule has 0 aliphatic rings. The molecule has 0 spiro atoms. The molecule has 0 radical (unpaired) electrons. The summed E-state index contributed by atoms with van der Waals surface area (Å²) in [6.45, 7) is 0.754. The summed E-state index contributed by atoms with van der Waals surface area (Å²) in [5.74, 6) is -0.773. The van der Waals surface area contributed by atoms with Gasteiger partial charge in [0.15, 0.2) is 0 Å². The van der Waals surface area contributed by atoms with Crippen LogP contribution >= 0.6 is 0 Å². The summed E-state index contributed by atoms with van der Waals surface area (Å²) >= 11 is 0. The summed E-state index contributed by atoms with van der Waals surface area (Å²) in [5.41, 5.74) is 0.849. The molecule has 0 saturated heterocycles. The number of rotatable bonds is 10. The van der Waals surface area contributed by atoms with Gasteiger partial charge in [0.1, 0.15) is 13.2 Å². The summed E-state index contributed by atoms with van der Waals surface area (Å²) in [7, 11) is 1.58. The molecule has 0 fully saturated rings. The molecule has 0 atom stereocenters. The molecular formula is C16H23N3O5. The number of benzene rings is 1. The van der Waals surface area contributed by atoms with Gasteiger partial charge in [-0.25, -0.2) is 4.79 Å². The number of nitrogens with one attached hydrogen (secondary N) is 3. The Labute approximate surface area is 140 Å². The predicted molar refractivity (Wildman–Crippen MR) is 87.1 cm³/mol. The van der Waals surface area contributed by atoms with Crippen molar-refractivity contribution < 1.29 is 23.9 Å². The highest BCUT2D eigenvalue weighted by Crippen LogP contribution is 2.00. The van der Waals surface area contributed by atoms with Crippen molar-refractivity contribution in [2.24, 2.45) is 0 Å². The van der Waals surface area contributed by atoms with E-state index in [4.69, 9.17) is 9.47 Å². The summed E-state index contributed by atoms with van der Waals surface area (Å²) in [6, 6.07) is 9.19. The quantitative estimate of drug-likeness (QED) is 0.528. The zero-order valence-corrected chi connectivity index (χ0v) is 13.7. The molecule has 0 aromatic heterocycles. The molecule has 0 bridgehead atoms. The number of methoxy groups -OCH3 is 1. The summed E-state index contributed by atoms with van der Waals surface area (Å²) in [4.78, 5) is 34.4. The van der Waals surface area contributed by atoms with Gasteiger partial charge in [-0.1, -0.05) is 30.3 Å². The van der Waals surface area contributed by atoms with Crippen molar-refractivity contribution >= 4 is 17.9 Å². The van der Waals surface area contributed by atoms with E-state index in [0.717, 1.165) is 5.56 Å². The van der Waals surface area contributed by atoms with Crippen LogP contribution in [0.25, 0.3) is 0 Å². The highest BCUT2D eigenvalue weighted by molar-refractivity contribution is 5.87. The lowest BCUT2D eigenvalue weighted by atomic mass is 10.2. The van der Waals surface area contributed by atoms with Gasteiger partial charge in [-0.2, -0.15) is 0 Å². The molecule has 0 heterocycles. The highest BCUT2D eigenvalue weighted by Gasteiger charge is 2.08. The normalized spacial score (nSPS) is 9.88. The molecular weight excluding hydrogens is 314 g/mol. The Bertz CT molecular complexity index is 522. The fourth-order valence-corrected chi connectivity index (χ4v) is 1.67. The van der Waals surface area contributed by atoms with E-state index < -0.39 is 12.0 Å². The van der Waals surface area contributed by atoms with Gasteiger partial charge < -0.3 is 25.4 Å². The highest BCUT2D eigenvalue weighted by atomic mass is 16.5. The van der Waals surface area contributed by atoms with Crippen LogP contribution in [0.1, 0.15) is 12.0 Å². The van der Waals surface area contributed by atoms with Crippen LogP contribution in [0.3, 0.4) is 0 Å². The van der Waals surface area contributed by atoms with Crippen molar-refractivity contribution in [1.29, 1.82) is 0 Å². The van der Waals surface area contributed by atoms with E-state index in [2.05, 4.69) is 16.0 Å². The van der Waals surface area contributed by atoms with Gasteiger partial charge in [0.05, 0.1) is 6.54 Å². The third-order valence-electron chi connectivity index (χ3n) is 2.90. The van der Waals surface area contributed by atoms with Crippen molar-refractivity contribution in [1.82, 2.24) is 16.0 Å². The van der Waals surface area contributed by atoms with E-state index >= 15 is 0 Å². The Morgan fingerprint density at radius 2 is 1.62 bits per heavy atom. The number of amides is 3. The second-order valence-corrected chi connectivity index (χ2v) is 4.89. The molecule has 3 N–H and O–H groups in total. The van der Waals surface area contributed by atoms with Crippen LogP contribution in [0.2, 0.25) is 0 Å². The number of alkyl carbamates (subject to hydrolysis) is 1. The second kappa shape index (κ2) is 11.9. The summed E-state index contributed by atoms with van der Waals surface area (Å²) < 4.78 is 9.81. The lowest BCUT2D eigenvalue weighted by molar-refractivity contribution is -0.125. The van der Waals surface area contributed by atoms with Gasteiger partial charge in [0, 0.05) is 20.3 Å². The van der Waals surface area contributed by atoms with Crippen molar-refractivity contribution in [2.45, 2.75) is 13.0 Å². The van der Waals surface area contributed by atoms with Crippen LogP contribution in [0.4, 0.5) is 4.79 Å². The number of carbonyl (C=O) groups excluding carboxylic acids is 3. The monoisotopic (exact) mass is 337 g/mol. The van der Waals surface area contributed by atoms with Gasteiger partial charge in [0.25, 0.3) is 0 Å². The Hall–Kier alpha value is -2.61. The van der Waals surface area contributed by atoms with Crippen LogP contribution in [0.15, 0.2) is 30.3 Å². The first kappa shape index (κ1) is 19.4. The van der Waals surface area contributed by atoms with E-state index in [-0.39, 0.29) is 25.6 Å². The van der Waals surface area contributed by atoms with E-state index in [1.807, 2.05) is 30.3 Å². The Morgan fingerprint density at radius 1 is 0.958 bits per heavy atom. The Morgan fingerprint density at radius 3 is 2.33 bits per heavy atom. The third-order valence-corrected chi connectivity index (χ3v) is 2.90. The minimum atomic E-state index is -0.696. The lowest BCUT2D eigenvalue weighted by Gasteiger charge is -2.08. The minimum Gasteiger partial charge on any atom is -0.445 e. The van der Waals surface area contributed by atoms with E-state index in [9.17, 15) is 14.4 Å². The molecule has 8 heteroatoms. The average molecular weight is 337 g/mol. The number of ether oxygens (including phenoxy) is 2. The first-order valence-electron chi connectivity index (χ1n) is 7.58. The van der Waals surface area contributed by atoms with Crippen LogP contribution in [0.5, 0.6) is 0 Å². The predicted octanol–water partition coefficient (Wildman–Crippen LogP) is 0.182. The number of hydrogen-bond donors (Lipinski definition) is 3. The van der Waals surface area contributed by atoms with Crippen LogP contribution in [-0.4, -0.2) is 51.3 Å². The Kier molecular flexibility index (Phi) is 9.63. The fourth-order valence-electron chi connectivity index (χ4n) is 1.67. The summed E-state index contributed by atoms with van der Waals surface area (Å²) in [6.07, 6.45) is 0.00312. The molecule has 132 valence electrons. The van der Waals surface area contributed by atoms with E-state index in [1.165, 1.54) is 0 Å².